The fourth-order valence-electron chi connectivity index (χ4n) is 4.32. The minimum absolute atomic E-state index is 0.0626. The molecule has 36 heavy (non-hydrogen) atoms. The number of fused-ring (bicyclic) bond motifs is 1. The van der Waals surface area contributed by atoms with E-state index in [1.54, 1.807) is 35.0 Å². The number of hydrogen-bond acceptors (Lipinski definition) is 7. The molecule has 0 unspecified atom stereocenters. The van der Waals surface area contributed by atoms with Crippen LogP contribution in [-0.4, -0.2) is 74.7 Å². The number of rotatable bonds is 9. The lowest BCUT2D eigenvalue weighted by molar-refractivity contribution is -0.116. The van der Waals surface area contributed by atoms with Crippen LogP contribution in [0.5, 0.6) is 5.88 Å². The molecule has 0 bridgehead atoms. The highest BCUT2D eigenvalue weighted by Crippen LogP contribution is 2.24. The van der Waals surface area contributed by atoms with Gasteiger partial charge in [-0.15, -0.1) is 0 Å². The predicted octanol–water partition coefficient (Wildman–Crippen LogP) is 2.70. The van der Waals surface area contributed by atoms with E-state index >= 15 is 0 Å². The number of nitrogens with one attached hydrogen (secondary N) is 2. The molecule has 11 heteroatoms. The van der Waals surface area contributed by atoms with Crippen molar-refractivity contribution < 1.29 is 19.4 Å². The average Bonchev–Trinajstić information content (AvgIpc) is 3.22. The summed E-state index contributed by atoms with van der Waals surface area (Å²) in [6, 6.07) is 7.21. The van der Waals surface area contributed by atoms with Gasteiger partial charge in [-0.2, -0.15) is 0 Å². The van der Waals surface area contributed by atoms with E-state index in [0.717, 1.165) is 25.9 Å². The fourth-order valence-corrected chi connectivity index (χ4v) is 4.43. The Morgan fingerprint density at radius 3 is 2.64 bits per heavy atom. The van der Waals surface area contributed by atoms with Crippen LogP contribution >= 0.6 is 11.6 Å². The van der Waals surface area contributed by atoms with Crippen LogP contribution in [0, 0.1) is 0 Å². The normalized spacial score (nSPS) is 14.8. The van der Waals surface area contributed by atoms with Crippen LogP contribution in [-0.2, 0) is 11.3 Å². The van der Waals surface area contributed by atoms with Crippen LogP contribution in [0.4, 0.5) is 5.82 Å². The highest BCUT2D eigenvalue weighted by atomic mass is 35.5. The molecule has 1 fully saturated rings. The van der Waals surface area contributed by atoms with Crippen LogP contribution in [0.2, 0.25) is 5.02 Å². The van der Waals surface area contributed by atoms with Gasteiger partial charge in [-0.3, -0.25) is 9.59 Å². The summed E-state index contributed by atoms with van der Waals surface area (Å²) in [6.07, 6.45) is 4.75. The van der Waals surface area contributed by atoms with Crippen LogP contribution in [0.15, 0.2) is 36.7 Å². The number of ether oxygens (including phenoxy) is 1. The zero-order valence-electron chi connectivity index (χ0n) is 20.4. The second kappa shape index (κ2) is 11.7. The van der Waals surface area contributed by atoms with Gasteiger partial charge in [-0.1, -0.05) is 11.6 Å². The number of carbonyl (C=O) groups excluding carboxylic acids is 2. The Morgan fingerprint density at radius 1 is 1.19 bits per heavy atom. The third-order valence-electron chi connectivity index (χ3n) is 6.23. The van der Waals surface area contributed by atoms with Gasteiger partial charge in [-0.25, -0.2) is 9.97 Å². The molecule has 2 amide bonds. The van der Waals surface area contributed by atoms with Gasteiger partial charge < -0.3 is 29.9 Å². The monoisotopic (exact) mass is 514 g/mol. The molecule has 3 aromatic heterocycles. The van der Waals surface area contributed by atoms with Crippen molar-refractivity contribution in [2.75, 3.05) is 31.6 Å². The number of amides is 2. The number of piperidine rings is 1. The molecular weight excluding hydrogens is 484 g/mol. The third-order valence-corrected chi connectivity index (χ3v) is 6.45. The molecule has 0 spiro atoms. The number of pyridine rings is 2. The number of aliphatic hydroxyl groups excluding tert-OH is 1. The van der Waals surface area contributed by atoms with Gasteiger partial charge in [0.15, 0.2) is 0 Å². The highest BCUT2D eigenvalue weighted by Gasteiger charge is 2.25. The summed E-state index contributed by atoms with van der Waals surface area (Å²) in [5.74, 6) is 0.102. The Hall–Kier alpha value is -3.21. The Labute approximate surface area is 214 Å². The van der Waals surface area contributed by atoms with Crippen molar-refractivity contribution in [1.29, 1.82) is 0 Å². The quantitative estimate of drug-likeness (QED) is 0.401. The van der Waals surface area contributed by atoms with E-state index in [-0.39, 0.29) is 37.6 Å². The predicted molar refractivity (Wildman–Crippen MR) is 137 cm³/mol. The van der Waals surface area contributed by atoms with Gasteiger partial charge in [-0.05, 0) is 44.9 Å². The molecule has 1 saturated heterocycles. The molecule has 0 aliphatic carbocycles. The van der Waals surface area contributed by atoms with Gasteiger partial charge in [0.25, 0.3) is 5.91 Å². The lowest BCUT2D eigenvalue weighted by Crippen LogP contribution is -2.47. The third kappa shape index (κ3) is 6.31. The molecule has 0 atom stereocenters. The van der Waals surface area contributed by atoms with Gasteiger partial charge in [0, 0.05) is 42.8 Å². The van der Waals surface area contributed by atoms with Crippen LogP contribution in [0.25, 0.3) is 10.9 Å². The van der Waals surface area contributed by atoms with E-state index in [2.05, 4.69) is 39.3 Å². The van der Waals surface area contributed by atoms with Crippen LogP contribution in [0.3, 0.4) is 0 Å². The number of halogens is 1. The molecule has 1 aliphatic heterocycles. The first-order valence-corrected chi connectivity index (χ1v) is 12.4. The summed E-state index contributed by atoms with van der Waals surface area (Å²) in [4.78, 5) is 37.0. The topological polar surface area (TPSA) is 122 Å². The van der Waals surface area contributed by atoms with Gasteiger partial charge in [0.1, 0.15) is 24.7 Å². The van der Waals surface area contributed by atoms with Crippen LogP contribution < -0.4 is 15.4 Å². The first kappa shape index (κ1) is 25.9. The van der Waals surface area contributed by atoms with Crippen molar-refractivity contribution in [3.8, 4) is 5.88 Å². The number of nitrogens with zero attached hydrogens (tertiary/aromatic N) is 4. The zero-order chi connectivity index (χ0) is 25.7. The van der Waals surface area contributed by atoms with E-state index in [1.807, 2.05) is 0 Å². The molecular formula is C25H31ClN6O4. The van der Waals surface area contributed by atoms with Crippen molar-refractivity contribution in [2.45, 2.75) is 45.3 Å². The smallest absolute Gasteiger partial charge is 0.268 e. The molecule has 4 rings (SSSR count). The molecule has 192 valence electrons. The Bertz CT molecular complexity index is 1210. The zero-order valence-corrected chi connectivity index (χ0v) is 21.2. The maximum absolute atomic E-state index is 13.4. The second-order valence-electron chi connectivity index (χ2n) is 9.06. The number of hydrogen-bond donors (Lipinski definition) is 3. The lowest BCUT2D eigenvalue weighted by atomic mass is 10.0. The SMILES string of the molecule is CC(C)N1CCC(NC(=O)c2cc3cc(OCCO)ncc3n2CC(=O)Nc2ccc(Cl)cn2)CC1. The Balaban J connectivity index is 1.56. The fraction of sp³-hybridized carbons (Fsp3) is 0.440. The van der Waals surface area contributed by atoms with Crippen LogP contribution in [0.1, 0.15) is 37.2 Å². The number of anilines is 1. The largest absolute Gasteiger partial charge is 0.475 e. The Morgan fingerprint density at radius 2 is 1.97 bits per heavy atom. The van der Waals surface area contributed by atoms with Crippen molar-refractivity contribution in [3.63, 3.8) is 0 Å². The Kier molecular flexibility index (Phi) is 8.40. The van der Waals surface area contributed by atoms with Gasteiger partial charge in [0.05, 0.1) is 23.3 Å². The van der Waals surface area contributed by atoms with Crippen molar-refractivity contribution in [1.82, 2.24) is 24.8 Å². The van der Waals surface area contributed by atoms with E-state index in [9.17, 15) is 9.59 Å². The second-order valence-corrected chi connectivity index (χ2v) is 9.49. The summed E-state index contributed by atoms with van der Waals surface area (Å²) in [5, 5.41) is 16.1. The summed E-state index contributed by atoms with van der Waals surface area (Å²) in [7, 11) is 0. The minimum Gasteiger partial charge on any atom is -0.475 e. The van der Waals surface area contributed by atoms with Gasteiger partial charge >= 0.3 is 0 Å². The number of aliphatic hydroxyl groups is 1. The maximum atomic E-state index is 13.4. The molecule has 0 saturated carbocycles. The van der Waals surface area contributed by atoms with Crippen molar-refractivity contribution in [3.05, 3.63) is 47.4 Å². The molecule has 0 aromatic carbocycles. The lowest BCUT2D eigenvalue weighted by Gasteiger charge is -2.34. The van der Waals surface area contributed by atoms with Crippen molar-refractivity contribution in [2.24, 2.45) is 0 Å². The molecule has 3 aromatic rings. The average molecular weight is 515 g/mol. The van der Waals surface area contributed by atoms with Gasteiger partial charge in [0.2, 0.25) is 11.8 Å². The summed E-state index contributed by atoms with van der Waals surface area (Å²) in [6.45, 7) is 6.07. The molecule has 3 N–H and O–H groups in total. The standard InChI is InChI=1S/C25H31ClN6O4/c1-16(2)31-7-5-19(6-8-31)29-25(35)20-11-17-12-24(36-10-9-33)28-14-21(17)32(20)15-23(34)30-22-4-3-18(26)13-27-22/h3-4,11-14,16,19,33H,5-10,15H2,1-2H3,(H,29,35)(H,27,30,34). The van der Waals surface area contributed by atoms with E-state index < -0.39 is 0 Å². The van der Waals surface area contributed by atoms with E-state index in [4.69, 9.17) is 21.4 Å². The number of aromatic nitrogens is 3. The number of likely N-dealkylation sites (tertiary alicyclic amines) is 1. The number of carbonyl (C=O) groups is 2. The summed E-state index contributed by atoms with van der Waals surface area (Å²) >= 11 is 5.87. The van der Waals surface area contributed by atoms with E-state index in [0.29, 0.717) is 39.4 Å². The first-order chi connectivity index (χ1) is 17.3. The molecule has 0 radical (unpaired) electrons. The first-order valence-electron chi connectivity index (χ1n) is 12.0. The summed E-state index contributed by atoms with van der Waals surface area (Å²) < 4.78 is 7.06. The summed E-state index contributed by atoms with van der Waals surface area (Å²) in [5.41, 5.74) is 0.974. The van der Waals surface area contributed by atoms with E-state index in [1.165, 1.54) is 6.20 Å². The highest BCUT2D eigenvalue weighted by molar-refractivity contribution is 6.30. The van der Waals surface area contributed by atoms with Crippen molar-refractivity contribution >= 4 is 40.1 Å². The molecule has 10 nitrogen and oxygen atoms in total. The molecule has 4 heterocycles. The minimum atomic E-state index is -0.345. The molecule has 1 aliphatic rings. The maximum Gasteiger partial charge on any atom is 0.268 e.